The Morgan fingerprint density at radius 3 is 2.58 bits per heavy atom. The largest absolute Gasteiger partial charge is 0.497 e. The van der Waals surface area contributed by atoms with E-state index in [1.165, 1.54) is 19.2 Å². The van der Waals surface area contributed by atoms with Crippen LogP contribution in [0.25, 0.3) is 0 Å². The van der Waals surface area contributed by atoms with Crippen LogP contribution in [0.1, 0.15) is 17.2 Å². The van der Waals surface area contributed by atoms with E-state index < -0.39 is 17.7 Å². The van der Waals surface area contributed by atoms with E-state index >= 15 is 0 Å². The fourth-order valence-electron chi connectivity index (χ4n) is 1.82. The van der Waals surface area contributed by atoms with Crippen LogP contribution in [0.4, 0.5) is 8.78 Å². The molecule has 5 heteroatoms. The lowest BCUT2D eigenvalue weighted by atomic mass is 9.99. The summed E-state index contributed by atoms with van der Waals surface area (Å²) in [4.78, 5) is 0. The van der Waals surface area contributed by atoms with Crippen LogP contribution < -0.4 is 10.5 Å². The summed E-state index contributed by atoms with van der Waals surface area (Å²) in [5, 5.41) is 0. The molecule has 2 aromatic carbocycles. The van der Waals surface area contributed by atoms with Crippen molar-refractivity contribution in [2.45, 2.75) is 6.04 Å². The Bertz CT molecular complexity index is 604. The molecule has 1 atom stereocenters. The highest BCUT2D eigenvalue weighted by atomic mass is 79.9. The normalized spacial score (nSPS) is 12.3. The molecule has 0 fully saturated rings. The molecule has 2 aromatic rings. The summed E-state index contributed by atoms with van der Waals surface area (Å²) >= 11 is 3.35. The number of benzene rings is 2. The minimum atomic E-state index is -0.926. The predicted octanol–water partition coefficient (Wildman–Crippen LogP) is 3.78. The van der Waals surface area contributed by atoms with E-state index in [4.69, 9.17) is 10.5 Å². The van der Waals surface area contributed by atoms with Crippen molar-refractivity contribution in [1.29, 1.82) is 0 Å². The lowest BCUT2D eigenvalue weighted by molar-refractivity contribution is 0.414. The molecule has 100 valence electrons. The Morgan fingerprint density at radius 2 is 1.89 bits per heavy atom. The molecule has 0 aliphatic heterocycles. The second kappa shape index (κ2) is 5.67. The molecule has 2 nitrogen and oxygen atoms in total. The molecular formula is C14H12BrF2NO. The van der Waals surface area contributed by atoms with Crippen molar-refractivity contribution in [3.05, 3.63) is 63.6 Å². The van der Waals surface area contributed by atoms with E-state index in [0.29, 0.717) is 15.8 Å². The molecule has 0 amide bonds. The third-order valence-electron chi connectivity index (χ3n) is 2.85. The van der Waals surface area contributed by atoms with Crippen LogP contribution >= 0.6 is 15.9 Å². The molecule has 0 aliphatic rings. The zero-order valence-corrected chi connectivity index (χ0v) is 11.7. The number of rotatable bonds is 3. The Hall–Kier alpha value is -1.46. The number of hydrogen-bond donors (Lipinski definition) is 1. The maximum absolute atomic E-state index is 13.8. The van der Waals surface area contributed by atoms with E-state index in [2.05, 4.69) is 15.9 Å². The average molecular weight is 328 g/mol. The molecule has 0 spiro atoms. The van der Waals surface area contributed by atoms with Crippen LogP contribution in [0, 0.1) is 11.6 Å². The average Bonchev–Trinajstić information content (AvgIpc) is 2.42. The molecule has 2 rings (SSSR count). The highest BCUT2D eigenvalue weighted by Gasteiger charge is 2.18. The second-order valence-electron chi connectivity index (χ2n) is 4.01. The summed E-state index contributed by atoms with van der Waals surface area (Å²) in [6, 6.07) is 8.38. The van der Waals surface area contributed by atoms with Crippen molar-refractivity contribution in [3.63, 3.8) is 0 Å². The van der Waals surface area contributed by atoms with Gasteiger partial charge >= 0.3 is 0 Å². The van der Waals surface area contributed by atoms with Gasteiger partial charge < -0.3 is 10.5 Å². The van der Waals surface area contributed by atoms with Gasteiger partial charge in [0.1, 0.15) is 5.75 Å². The van der Waals surface area contributed by atoms with Crippen molar-refractivity contribution in [3.8, 4) is 5.75 Å². The molecular weight excluding hydrogens is 316 g/mol. The Kier molecular flexibility index (Phi) is 4.17. The van der Waals surface area contributed by atoms with Crippen LogP contribution in [-0.2, 0) is 0 Å². The first-order valence-electron chi connectivity index (χ1n) is 5.57. The summed E-state index contributed by atoms with van der Waals surface area (Å²) in [6.07, 6.45) is 0. The lowest BCUT2D eigenvalue weighted by Crippen LogP contribution is -2.15. The zero-order valence-electron chi connectivity index (χ0n) is 10.2. The summed E-state index contributed by atoms with van der Waals surface area (Å²) in [6.45, 7) is 0. The minimum Gasteiger partial charge on any atom is -0.497 e. The molecule has 0 aromatic heterocycles. The van der Waals surface area contributed by atoms with Gasteiger partial charge in [-0.3, -0.25) is 0 Å². The van der Waals surface area contributed by atoms with Crippen molar-refractivity contribution < 1.29 is 13.5 Å². The van der Waals surface area contributed by atoms with Crippen LogP contribution in [0.15, 0.2) is 40.9 Å². The van der Waals surface area contributed by atoms with Gasteiger partial charge in [-0.15, -0.1) is 0 Å². The number of methoxy groups -OCH3 is 1. The summed E-state index contributed by atoms with van der Waals surface area (Å²) in [5.41, 5.74) is 6.75. The third-order valence-corrected chi connectivity index (χ3v) is 3.58. The standard InChI is InChI=1S/C14H12BrF2NO/c1-19-8-5-6-11(15)10(7-8)14(18)9-3-2-4-12(16)13(9)17/h2-7,14H,18H2,1H3. The second-order valence-corrected chi connectivity index (χ2v) is 4.86. The topological polar surface area (TPSA) is 35.2 Å². The number of halogens is 3. The molecule has 0 aliphatic carbocycles. The number of hydrogen-bond acceptors (Lipinski definition) is 2. The first kappa shape index (κ1) is 14.0. The molecule has 1 unspecified atom stereocenters. The van der Waals surface area contributed by atoms with Gasteiger partial charge in [-0.05, 0) is 29.8 Å². The van der Waals surface area contributed by atoms with E-state index in [9.17, 15) is 8.78 Å². The zero-order chi connectivity index (χ0) is 14.0. The molecule has 0 radical (unpaired) electrons. The molecule has 0 saturated heterocycles. The number of nitrogens with two attached hydrogens (primary N) is 1. The van der Waals surface area contributed by atoms with E-state index in [1.54, 1.807) is 18.2 Å². The van der Waals surface area contributed by atoms with E-state index in [-0.39, 0.29) is 5.56 Å². The monoisotopic (exact) mass is 327 g/mol. The van der Waals surface area contributed by atoms with Gasteiger partial charge in [0.05, 0.1) is 13.2 Å². The van der Waals surface area contributed by atoms with Crippen LogP contribution in [0.5, 0.6) is 5.75 Å². The van der Waals surface area contributed by atoms with Gasteiger partial charge in [0.15, 0.2) is 11.6 Å². The molecule has 0 bridgehead atoms. The SMILES string of the molecule is COc1ccc(Br)c(C(N)c2cccc(F)c2F)c1. The molecule has 0 heterocycles. The van der Waals surface area contributed by atoms with Gasteiger partial charge in [-0.25, -0.2) is 8.78 Å². The molecule has 2 N–H and O–H groups in total. The Balaban J connectivity index is 2.49. The van der Waals surface area contributed by atoms with Crippen molar-refractivity contribution in [2.24, 2.45) is 5.73 Å². The van der Waals surface area contributed by atoms with E-state index in [1.807, 2.05) is 0 Å². The minimum absolute atomic E-state index is 0.106. The lowest BCUT2D eigenvalue weighted by Gasteiger charge is -2.16. The highest BCUT2D eigenvalue weighted by molar-refractivity contribution is 9.10. The molecule has 0 saturated carbocycles. The highest BCUT2D eigenvalue weighted by Crippen LogP contribution is 2.31. The quantitative estimate of drug-likeness (QED) is 0.931. The summed E-state index contributed by atoms with van der Waals surface area (Å²) in [7, 11) is 1.53. The smallest absolute Gasteiger partial charge is 0.163 e. The number of ether oxygens (including phenoxy) is 1. The van der Waals surface area contributed by atoms with Crippen LogP contribution in [0.3, 0.4) is 0 Å². The van der Waals surface area contributed by atoms with Crippen LogP contribution in [-0.4, -0.2) is 7.11 Å². The van der Waals surface area contributed by atoms with Crippen LogP contribution in [0.2, 0.25) is 0 Å². The maximum Gasteiger partial charge on any atom is 0.163 e. The van der Waals surface area contributed by atoms with Crippen molar-refractivity contribution in [2.75, 3.05) is 7.11 Å². The van der Waals surface area contributed by atoms with Gasteiger partial charge in [0, 0.05) is 10.0 Å². The third kappa shape index (κ3) is 2.77. The van der Waals surface area contributed by atoms with Gasteiger partial charge in [-0.1, -0.05) is 28.1 Å². The van der Waals surface area contributed by atoms with E-state index in [0.717, 1.165) is 6.07 Å². The Morgan fingerprint density at radius 1 is 1.16 bits per heavy atom. The summed E-state index contributed by atoms with van der Waals surface area (Å²) < 4.78 is 32.8. The fraction of sp³-hybridized carbons (Fsp3) is 0.143. The first-order valence-corrected chi connectivity index (χ1v) is 6.37. The fourth-order valence-corrected chi connectivity index (χ4v) is 2.31. The Labute approximate surface area is 118 Å². The maximum atomic E-state index is 13.8. The first-order chi connectivity index (χ1) is 9.04. The summed E-state index contributed by atoms with van der Waals surface area (Å²) in [5.74, 6) is -1.23. The van der Waals surface area contributed by atoms with Crippen molar-refractivity contribution in [1.82, 2.24) is 0 Å². The molecule has 19 heavy (non-hydrogen) atoms. The van der Waals surface area contributed by atoms with Gasteiger partial charge in [0.2, 0.25) is 0 Å². The van der Waals surface area contributed by atoms with Gasteiger partial charge in [0.25, 0.3) is 0 Å². The van der Waals surface area contributed by atoms with Crippen molar-refractivity contribution >= 4 is 15.9 Å². The van der Waals surface area contributed by atoms with Gasteiger partial charge in [-0.2, -0.15) is 0 Å². The predicted molar refractivity (Wildman–Crippen MR) is 73.1 cm³/mol.